The lowest BCUT2D eigenvalue weighted by atomic mass is 9.77. The minimum absolute atomic E-state index is 0.113. The Labute approximate surface area is 134 Å². The predicted octanol–water partition coefficient (Wildman–Crippen LogP) is 4.09. The van der Waals surface area contributed by atoms with Gasteiger partial charge in [-0.25, -0.2) is 8.78 Å². The topological polar surface area (TPSA) is 29.1 Å². The van der Waals surface area contributed by atoms with Crippen molar-refractivity contribution in [1.82, 2.24) is 5.32 Å². The zero-order valence-electron chi connectivity index (χ0n) is 12.8. The first-order valence-corrected chi connectivity index (χ1v) is 7.90. The van der Waals surface area contributed by atoms with Gasteiger partial charge in [0.15, 0.2) is 0 Å². The van der Waals surface area contributed by atoms with Crippen LogP contribution in [0, 0.1) is 11.6 Å². The molecule has 0 spiro atoms. The largest absolute Gasteiger partial charge is 0.351 e. The second-order valence-corrected chi connectivity index (χ2v) is 6.04. The average molecular weight is 315 g/mol. The summed E-state index contributed by atoms with van der Waals surface area (Å²) >= 11 is 0. The Morgan fingerprint density at radius 1 is 0.957 bits per heavy atom. The van der Waals surface area contributed by atoms with Crippen molar-refractivity contribution < 1.29 is 13.6 Å². The fraction of sp³-hybridized carbons (Fsp3) is 0.316. The molecule has 1 amide bonds. The summed E-state index contributed by atoms with van der Waals surface area (Å²) in [6, 6.07) is 12.8. The molecule has 0 bridgehead atoms. The van der Waals surface area contributed by atoms with Crippen LogP contribution in [0.5, 0.6) is 0 Å². The van der Waals surface area contributed by atoms with Crippen LogP contribution < -0.4 is 5.32 Å². The van der Waals surface area contributed by atoms with Crippen molar-refractivity contribution in [3.63, 3.8) is 0 Å². The Balaban J connectivity index is 1.83. The lowest BCUT2D eigenvalue weighted by molar-refractivity contribution is -0.126. The number of benzene rings is 2. The van der Waals surface area contributed by atoms with Crippen LogP contribution in [0.3, 0.4) is 0 Å². The molecule has 0 unspecified atom stereocenters. The summed E-state index contributed by atoms with van der Waals surface area (Å²) in [5, 5.41) is 2.80. The minimum atomic E-state index is -0.837. The number of carbonyl (C=O) groups excluding carboxylic acids is 1. The number of hydrogen-bond donors (Lipinski definition) is 1. The van der Waals surface area contributed by atoms with Crippen molar-refractivity contribution in [2.75, 3.05) is 0 Å². The van der Waals surface area contributed by atoms with Crippen molar-refractivity contribution in [1.29, 1.82) is 0 Å². The van der Waals surface area contributed by atoms with Crippen molar-refractivity contribution in [3.8, 4) is 0 Å². The second-order valence-electron chi connectivity index (χ2n) is 6.04. The highest BCUT2D eigenvalue weighted by Gasteiger charge is 2.44. The molecule has 0 saturated heterocycles. The Bertz CT molecular complexity index is 708. The third-order valence-corrected chi connectivity index (χ3v) is 4.68. The average Bonchev–Trinajstić information content (AvgIpc) is 3.05. The van der Waals surface area contributed by atoms with Gasteiger partial charge >= 0.3 is 0 Å². The number of hydrogen-bond acceptors (Lipinski definition) is 1. The Morgan fingerprint density at radius 2 is 1.57 bits per heavy atom. The van der Waals surface area contributed by atoms with Crippen LogP contribution in [-0.2, 0) is 16.8 Å². The molecule has 0 heterocycles. The summed E-state index contributed by atoms with van der Waals surface area (Å²) in [6.07, 6.45) is 3.02. The number of carbonyl (C=O) groups is 1. The summed E-state index contributed by atoms with van der Waals surface area (Å²) in [6.45, 7) is 0.113. The van der Waals surface area contributed by atoms with E-state index >= 15 is 0 Å². The Morgan fingerprint density at radius 3 is 2.22 bits per heavy atom. The molecular weight excluding hydrogens is 296 g/mol. The van der Waals surface area contributed by atoms with Crippen LogP contribution in [0.1, 0.15) is 36.8 Å². The molecule has 120 valence electrons. The van der Waals surface area contributed by atoms with Crippen molar-refractivity contribution in [2.45, 2.75) is 37.6 Å². The molecule has 1 aliphatic carbocycles. The van der Waals surface area contributed by atoms with Gasteiger partial charge in [0.25, 0.3) is 0 Å². The summed E-state index contributed by atoms with van der Waals surface area (Å²) < 4.78 is 27.9. The maximum absolute atomic E-state index is 14.2. The zero-order valence-corrected chi connectivity index (χ0v) is 12.8. The number of halogens is 2. The van der Waals surface area contributed by atoms with Crippen molar-refractivity contribution in [3.05, 3.63) is 71.3 Å². The highest BCUT2D eigenvalue weighted by atomic mass is 19.1. The maximum atomic E-state index is 14.2. The molecule has 4 heteroatoms. The van der Waals surface area contributed by atoms with E-state index in [1.165, 1.54) is 12.1 Å². The molecule has 1 fully saturated rings. The molecule has 1 N–H and O–H groups in total. The third kappa shape index (κ3) is 2.98. The highest BCUT2D eigenvalue weighted by molar-refractivity contribution is 5.88. The molecular formula is C19H19F2NO. The summed E-state index contributed by atoms with van der Waals surface area (Å²) in [5.41, 5.74) is 0.0439. The third-order valence-electron chi connectivity index (χ3n) is 4.68. The number of rotatable bonds is 4. The van der Waals surface area contributed by atoms with E-state index in [0.717, 1.165) is 12.8 Å². The van der Waals surface area contributed by atoms with Gasteiger partial charge in [-0.05, 0) is 25.0 Å². The minimum Gasteiger partial charge on any atom is -0.351 e. The van der Waals surface area contributed by atoms with E-state index in [0.29, 0.717) is 24.0 Å². The van der Waals surface area contributed by atoms with Gasteiger partial charge < -0.3 is 5.32 Å². The van der Waals surface area contributed by atoms with Gasteiger partial charge in [-0.15, -0.1) is 0 Å². The molecule has 2 aromatic rings. The smallest absolute Gasteiger partial charge is 0.231 e. The molecule has 0 aromatic heterocycles. The van der Waals surface area contributed by atoms with Gasteiger partial charge in [-0.3, -0.25) is 4.79 Å². The molecule has 0 atom stereocenters. The monoisotopic (exact) mass is 315 g/mol. The van der Waals surface area contributed by atoms with Gasteiger partial charge in [0.2, 0.25) is 5.91 Å². The van der Waals surface area contributed by atoms with E-state index < -0.39 is 5.41 Å². The van der Waals surface area contributed by atoms with Gasteiger partial charge in [0.05, 0.1) is 5.41 Å². The standard InChI is InChI=1S/C19H19F2NO/c20-16-9-3-1-7-14(16)13-22-18(23)19(11-5-6-12-19)15-8-2-4-10-17(15)21/h1-4,7-10H,5-6,11-13H2,(H,22,23). The molecule has 1 aliphatic rings. The predicted molar refractivity (Wildman–Crippen MR) is 84.8 cm³/mol. The van der Waals surface area contributed by atoms with Crippen LogP contribution in [-0.4, -0.2) is 5.91 Å². The first-order valence-electron chi connectivity index (χ1n) is 7.90. The van der Waals surface area contributed by atoms with Gasteiger partial charge in [-0.2, -0.15) is 0 Å². The molecule has 2 aromatic carbocycles. The fourth-order valence-electron chi connectivity index (χ4n) is 3.43. The SMILES string of the molecule is O=C(NCc1ccccc1F)C1(c2ccccc2F)CCCC1. The van der Waals surface area contributed by atoms with Crippen molar-refractivity contribution in [2.24, 2.45) is 0 Å². The Hall–Kier alpha value is -2.23. The second kappa shape index (κ2) is 6.49. The van der Waals surface area contributed by atoms with E-state index in [2.05, 4.69) is 5.32 Å². The van der Waals surface area contributed by atoms with Gasteiger partial charge in [0.1, 0.15) is 11.6 Å². The quantitative estimate of drug-likeness (QED) is 0.904. The van der Waals surface area contributed by atoms with E-state index in [1.807, 2.05) is 0 Å². The summed E-state index contributed by atoms with van der Waals surface area (Å²) in [5.74, 6) is -0.919. The number of nitrogens with one attached hydrogen (secondary N) is 1. The molecule has 0 aliphatic heterocycles. The first kappa shape index (κ1) is 15.7. The normalized spacial score (nSPS) is 16.3. The lowest BCUT2D eigenvalue weighted by Gasteiger charge is -2.28. The maximum Gasteiger partial charge on any atom is 0.231 e. The van der Waals surface area contributed by atoms with Crippen molar-refractivity contribution >= 4 is 5.91 Å². The van der Waals surface area contributed by atoms with E-state index in [4.69, 9.17) is 0 Å². The zero-order chi connectivity index (χ0) is 16.3. The molecule has 3 rings (SSSR count). The van der Waals surface area contributed by atoms with E-state index in [9.17, 15) is 13.6 Å². The Kier molecular flexibility index (Phi) is 4.42. The molecule has 23 heavy (non-hydrogen) atoms. The fourth-order valence-corrected chi connectivity index (χ4v) is 3.43. The highest BCUT2D eigenvalue weighted by Crippen LogP contribution is 2.42. The van der Waals surface area contributed by atoms with E-state index in [-0.39, 0.29) is 24.1 Å². The van der Waals surface area contributed by atoms with Crippen LogP contribution in [0.25, 0.3) is 0 Å². The van der Waals surface area contributed by atoms with Gasteiger partial charge in [-0.1, -0.05) is 49.2 Å². The van der Waals surface area contributed by atoms with Crippen LogP contribution in [0.2, 0.25) is 0 Å². The summed E-state index contributed by atoms with van der Waals surface area (Å²) in [4.78, 5) is 12.8. The lowest BCUT2D eigenvalue weighted by Crippen LogP contribution is -2.43. The van der Waals surface area contributed by atoms with Crippen LogP contribution in [0.15, 0.2) is 48.5 Å². The molecule has 2 nitrogen and oxygen atoms in total. The number of amides is 1. The first-order chi connectivity index (χ1) is 11.1. The molecule has 1 saturated carbocycles. The van der Waals surface area contributed by atoms with E-state index in [1.54, 1.807) is 36.4 Å². The van der Waals surface area contributed by atoms with Gasteiger partial charge in [0, 0.05) is 17.7 Å². The van der Waals surface area contributed by atoms with Crippen LogP contribution in [0.4, 0.5) is 8.78 Å². The molecule has 0 radical (unpaired) electrons. The van der Waals surface area contributed by atoms with Crippen LogP contribution >= 0.6 is 0 Å². The summed E-state index contributed by atoms with van der Waals surface area (Å²) in [7, 11) is 0.